The molecule has 4 heteroatoms. The molecule has 0 spiro atoms. The summed E-state index contributed by atoms with van der Waals surface area (Å²) < 4.78 is 0. The standard InChI is InChI=1S/C26H36O4/c1-15-10-20(25(3,4)5)14-19(22(15)27)13-18-11-17(9-16(2)24(29)30)12-21(23(18)28)26(6,7)8/h10-12,14,16,27-28H,9,13H2,1-8H3,(H,29,30). The van der Waals surface area contributed by atoms with Crippen LogP contribution in [-0.4, -0.2) is 21.3 Å². The Morgan fingerprint density at radius 3 is 1.97 bits per heavy atom. The van der Waals surface area contributed by atoms with Gasteiger partial charge < -0.3 is 15.3 Å². The molecular formula is C26H36O4. The van der Waals surface area contributed by atoms with Gasteiger partial charge >= 0.3 is 5.97 Å². The quantitative estimate of drug-likeness (QED) is 0.575. The molecule has 0 heterocycles. The lowest BCUT2D eigenvalue weighted by Gasteiger charge is -2.25. The van der Waals surface area contributed by atoms with E-state index in [4.69, 9.17) is 0 Å². The van der Waals surface area contributed by atoms with Gasteiger partial charge in [0.25, 0.3) is 0 Å². The Kier molecular flexibility index (Phi) is 6.60. The van der Waals surface area contributed by atoms with Gasteiger partial charge in [0.2, 0.25) is 0 Å². The highest BCUT2D eigenvalue weighted by Gasteiger charge is 2.24. The van der Waals surface area contributed by atoms with Gasteiger partial charge in [0.05, 0.1) is 5.92 Å². The summed E-state index contributed by atoms with van der Waals surface area (Å²) in [7, 11) is 0. The van der Waals surface area contributed by atoms with Crippen LogP contribution < -0.4 is 0 Å². The summed E-state index contributed by atoms with van der Waals surface area (Å²) >= 11 is 0. The van der Waals surface area contributed by atoms with E-state index in [9.17, 15) is 20.1 Å². The molecule has 0 saturated carbocycles. The van der Waals surface area contributed by atoms with Gasteiger partial charge in [-0.05, 0) is 57.6 Å². The van der Waals surface area contributed by atoms with Crippen molar-refractivity contribution in [3.63, 3.8) is 0 Å². The highest BCUT2D eigenvalue weighted by atomic mass is 16.4. The van der Waals surface area contributed by atoms with Crippen LogP contribution in [0.25, 0.3) is 0 Å². The van der Waals surface area contributed by atoms with Crippen molar-refractivity contribution in [3.05, 3.63) is 57.6 Å². The Hall–Kier alpha value is -2.49. The van der Waals surface area contributed by atoms with Crippen LogP contribution in [0.4, 0.5) is 0 Å². The predicted molar refractivity (Wildman–Crippen MR) is 122 cm³/mol. The SMILES string of the molecule is Cc1cc(C(C)(C)C)cc(Cc2cc(CC(C)C(=O)O)cc(C(C)(C)C)c2O)c1O. The van der Waals surface area contributed by atoms with Crippen molar-refractivity contribution in [2.24, 2.45) is 5.92 Å². The predicted octanol–water partition coefficient (Wildman–Crippen LogP) is 5.86. The zero-order chi connectivity index (χ0) is 23.0. The molecule has 0 aliphatic rings. The highest BCUT2D eigenvalue weighted by Crippen LogP contribution is 2.38. The molecule has 0 bridgehead atoms. The largest absolute Gasteiger partial charge is 0.507 e. The molecule has 2 aromatic rings. The van der Waals surface area contributed by atoms with Crippen molar-refractivity contribution in [1.82, 2.24) is 0 Å². The van der Waals surface area contributed by atoms with Gasteiger partial charge in [0.1, 0.15) is 11.5 Å². The zero-order valence-corrected chi connectivity index (χ0v) is 19.6. The molecule has 3 N–H and O–H groups in total. The maximum Gasteiger partial charge on any atom is 0.306 e. The summed E-state index contributed by atoms with van der Waals surface area (Å²) in [6, 6.07) is 7.80. The lowest BCUT2D eigenvalue weighted by atomic mass is 9.81. The second-order valence-corrected chi connectivity index (χ2v) is 10.6. The monoisotopic (exact) mass is 412 g/mol. The van der Waals surface area contributed by atoms with Crippen molar-refractivity contribution in [1.29, 1.82) is 0 Å². The number of carboxylic acid groups (broad SMARTS) is 1. The average Bonchev–Trinajstić information content (AvgIpc) is 2.59. The molecule has 0 saturated heterocycles. The third kappa shape index (κ3) is 5.35. The van der Waals surface area contributed by atoms with Gasteiger partial charge in [-0.1, -0.05) is 72.7 Å². The zero-order valence-electron chi connectivity index (χ0n) is 19.6. The molecule has 0 aromatic heterocycles. The van der Waals surface area contributed by atoms with Gasteiger partial charge in [-0.25, -0.2) is 0 Å². The summed E-state index contributed by atoms with van der Waals surface area (Å²) in [5, 5.41) is 31.1. The summed E-state index contributed by atoms with van der Waals surface area (Å²) in [6.07, 6.45) is 0.763. The third-order valence-electron chi connectivity index (χ3n) is 5.65. The number of carbonyl (C=O) groups is 1. The van der Waals surface area contributed by atoms with E-state index in [1.54, 1.807) is 6.92 Å². The first-order valence-corrected chi connectivity index (χ1v) is 10.5. The lowest BCUT2D eigenvalue weighted by molar-refractivity contribution is -0.141. The molecule has 1 unspecified atom stereocenters. The van der Waals surface area contributed by atoms with Gasteiger partial charge in [0, 0.05) is 6.42 Å². The normalized spacial score (nSPS) is 13.3. The number of aryl methyl sites for hydroxylation is 1. The maximum absolute atomic E-state index is 11.4. The number of benzene rings is 2. The van der Waals surface area contributed by atoms with Crippen LogP contribution in [0.2, 0.25) is 0 Å². The van der Waals surface area contributed by atoms with E-state index >= 15 is 0 Å². The Bertz CT molecular complexity index is 943. The third-order valence-corrected chi connectivity index (χ3v) is 5.65. The minimum atomic E-state index is -0.840. The van der Waals surface area contributed by atoms with Crippen molar-refractivity contribution < 1.29 is 20.1 Å². The Morgan fingerprint density at radius 2 is 1.47 bits per heavy atom. The Morgan fingerprint density at radius 1 is 0.900 bits per heavy atom. The molecule has 1 atom stereocenters. The van der Waals surface area contributed by atoms with E-state index in [2.05, 4.69) is 20.8 Å². The molecule has 0 aliphatic heterocycles. The average molecular weight is 413 g/mol. The van der Waals surface area contributed by atoms with Gasteiger partial charge in [-0.2, -0.15) is 0 Å². The number of hydrogen-bond donors (Lipinski definition) is 3. The summed E-state index contributed by atoms with van der Waals surface area (Å²) in [6.45, 7) is 16.0. The Balaban J connectivity index is 2.61. The summed E-state index contributed by atoms with van der Waals surface area (Å²) in [5.74, 6) is -0.903. The van der Waals surface area contributed by atoms with E-state index in [1.165, 1.54) is 0 Å². The molecule has 0 fully saturated rings. The van der Waals surface area contributed by atoms with Crippen molar-refractivity contribution in [2.75, 3.05) is 0 Å². The first-order valence-electron chi connectivity index (χ1n) is 10.5. The first-order chi connectivity index (χ1) is 13.6. The number of hydrogen-bond acceptors (Lipinski definition) is 3. The Labute approximate surface area is 180 Å². The van der Waals surface area contributed by atoms with Crippen LogP contribution in [0.15, 0.2) is 24.3 Å². The van der Waals surface area contributed by atoms with Crippen LogP contribution in [0.3, 0.4) is 0 Å². The lowest BCUT2D eigenvalue weighted by Crippen LogP contribution is -2.16. The fourth-order valence-electron chi connectivity index (χ4n) is 3.65. The number of aromatic hydroxyl groups is 2. The van der Waals surface area contributed by atoms with Crippen LogP contribution in [0.5, 0.6) is 11.5 Å². The second kappa shape index (κ2) is 8.33. The van der Waals surface area contributed by atoms with E-state index in [0.29, 0.717) is 18.4 Å². The minimum absolute atomic E-state index is 0.0649. The topological polar surface area (TPSA) is 77.8 Å². The van der Waals surface area contributed by atoms with Crippen LogP contribution in [0, 0.1) is 12.8 Å². The second-order valence-electron chi connectivity index (χ2n) is 10.6. The number of phenolic OH excluding ortho intramolecular Hbond substituents is 2. The molecule has 2 rings (SSSR count). The highest BCUT2D eigenvalue weighted by molar-refractivity contribution is 5.70. The molecule has 0 radical (unpaired) electrons. The molecular weight excluding hydrogens is 376 g/mol. The molecule has 2 aromatic carbocycles. The van der Waals surface area contributed by atoms with Crippen molar-refractivity contribution in [2.45, 2.75) is 79.1 Å². The van der Waals surface area contributed by atoms with Crippen LogP contribution >= 0.6 is 0 Å². The fourth-order valence-corrected chi connectivity index (χ4v) is 3.65. The van der Waals surface area contributed by atoms with E-state index in [1.807, 2.05) is 52.0 Å². The molecule has 4 nitrogen and oxygen atoms in total. The van der Waals surface area contributed by atoms with E-state index < -0.39 is 11.9 Å². The molecule has 164 valence electrons. The van der Waals surface area contributed by atoms with Gasteiger partial charge in [-0.15, -0.1) is 0 Å². The number of carboxylic acids is 1. The summed E-state index contributed by atoms with van der Waals surface area (Å²) in [4.78, 5) is 11.4. The van der Waals surface area contributed by atoms with Crippen molar-refractivity contribution >= 4 is 5.97 Å². The van der Waals surface area contributed by atoms with Gasteiger partial charge in [-0.3, -0.25) is 4.79 Å². The molecule has 0 aliphatic carbocycles. The van der Waals surface area contributed by atoms with Crippen LogP contribution in [0.1, 0.15) is 81.8 Å². The summed E-state index contributed by atoms with van der Waals surface area (Å²) in [5.41, 5.74) is 4.70. The minimum Gasteiger partial charge on any atom is -0.507 e. The number of phenols is 2. The van der Waals surface area contributed by atoms with E-state index in [0.717, 1.165) is 27.8 Å². The van der Waals surface area contributed by atoms with Gasteiger partial charge in [0.15, 0.2) is 0 Å². The molecule has 0 amide bonds. The maximum atomic E-state index is 11.4. The first kappa shape index (κ1) is 23.8. The number of aliphatic carboxylic acids is 1. The smallest absolute Gasteiger partial charge is 0.306 e. The van der Waals surface area contributed by atoms with E-state index in [-0.39, 0.29) is 22.3 Å². The molecule has 30 heavy (non-hydrogen) atoms. The van der Waals surface area contributed by atoms with Crippen molar-refractivity contribution in [3.8, 4) is 11.5 Å². The van der Waals surface area contributed by atoms with Crippen LogP contribution in [-0.2, 0) is 28.5 Å². The fraction of sp³-hybridized carbons (Fsp3) is 0.500. The number of rotatable bonds is 5.